The van der Waals surface area contributed by atoms with Crippen LogP contribution in [0.4, 0.5) is 5.69 Å². The summed E-state index contributed by atoms with van der Waals surface area (Å²) in [6.45, 7) is 0. The van der Waals surface area contributed by atoms with Crippen molar-refractivity contribution in [2.75, 3.05) is 12.8 Å². The molecule has 12 heavy (non-hydrogen) atoms. The molecule has 0 aromatic heterocycles. The average molecular weight is 185 g/mol. The highest BCUT2D eigenvalue weighted by Gasteiger charge is 2.09. The zero-order valence-corrected chi connectivity index (χ0v) is 7.35. The van der Waals surface area contributed by atoms with Crippen molar-refractivity contribution in [2.24, 2.45) is 0 Å². The highest BCUT2D eigenvalue weighted by atomic mass is 35.5. The summed E-state index contributed by atoms with van der Waals surface area (Å²) in [6, 6.07) is 4.96. The van der Waals surface area contributed by atoms with Gasteiger partial charge in [0.25, 0.3) is 5.91 Å². The van der Waals surface area contributed by atoms with Crippen molar-refractivity contribution in [2.45, 2.75) is 0 Å². The minimum absolute atomic E-state index is 0.229. The normalized spacial score (nSPS) is 9.50. The maximum Gasteiger partial charge on any atom is 0.252 e. The molecule has 0 saturated heterocycles. The Morgan fingerprint density at radius 1 is 1.58 bits per heavy atom. The Bertz CT molecular complexity index is 312. The summed E-state index contributed by atoms with van der Waals surface area (Å²) in [5, 5.41) is 2.77. The van der Waals surface area contributed by atoms with Crippen LogP contribution in [0.2, 0.25) is 5.02 Å². The number of carbonyl (C=O) groups is 1. The summed E-state index contributed by atoms with van der Waals surface area (Å²) in [4.78, 5) is 11.1. The maximum atomic E-state index is 11.1. The number of nitrogen functional groups attached to an aromatic ring is 1. The van der Waals surface area contributed by atoms with Gasteiger partial charge in [-0.2, -0.15) is 0 Å². The lowest BCUT2D eigenvalue weighted by Gasteiger charge is -2.03. The highest BCUT2D eigenvalue weighted by molar-refractivity contribution is 6.36. The topological polar surface area (TPSA) is 55.1 Å². The molecule has 1 aromatic rings. The molecule has 0 saturated carbocycles. The predicted octanol–water partition coefficient (Wildman–Crippen LogP) is 1.28. The molecule has 1 rings (SSSR count). The lowest BCUT2D eigenvalue weighted by atomic mass is 10.2. The minimum atomic E-state index is -0.229. The molecule has 0 fully saturated rings. The first-order valence-corrected chi connectivity index (χ1v) is 3.80. The number of benzene rings is 1. The van der Waals surface area contributed by atoms with Crippen LogP contribution in [0.3, 0.4) is 0 Å². The van der Waals surface area contributed by atoms with Gasteiger partial charge in [-0.05, 0) is 12.1 Å². The van der Waals surface area contributed by atoms with Crippen LogP contribution in [0.25, 0.3) is 0 Å². The standard InChI is InChI=1S/C8H9ClN2O/c1-11-8(12)5-3-2-4-6(10)7(5)9/h2-4H,10H2,1H3,(H,11,12). The second-order valence-electron chi connectivity index (χ2n) is 2.29. The van der Waals surface area contributed by atoms with E-state index in [0.717, 1.165) is 0 Å². The summed E-state index contributed by atoms with van der Waals surface area (Å²) in [6.07, 6.45) is 0. The number of anilines is 1. The molecule has 0 aliphatic carbocycles. The summed E-state index contributed by atoms with van der Waals surface area (Å²) in [5.74, 6) is -0.229. The zero-order chi connectivity index (χ0) is 9.14. The van der Waals surface area contributed by atoms with E-state index in [1.54, 1.807) is 25.2 Å². The lowest BCUT2D eigenvalue weighted by molar-refractivity contribution is 0.0963. The average Bonchev–Trinajstić information content (AvgIpc) is 2.08. The third kappa shape index (κ3) is 1.51. The van der Waals surface area contributed by atoms with Crippen molar-refractivity contribution < 1.29 is 4.79 Å². The van der Waals surface area contributed by atoms with E-state index in [2.05, 4.69) is 5.32 Å². The molecule has 64 valence electrons. The molecule has 0 aliphatic rings. The van der Waals surface area contributed by atoms with E-state index in [0.29, 0.717) is 16.3 Å². The number of carbonyl (C=O) groups excluding carboxylic acids is 1. The highest BCUT2D eigenvalue weighted by Crippen LogP contribution is 2.22. The van der Waals surface area contributed by atoms with Gasteiger partial charge < -0.3 is 11.1 Å². The van der Waals surface area contributed by atoms with Gasteiger partial charge in [0.2, 0.25) is 0 Å². The number of hydrogen-bond acceptors (Lipinski definition) is 2. The van der Waals surface area contributed by atoms with Crippen LogP contribution < -0.4 is 11.1 Å². The molecule has 0 unspecified atom stereocenters. The first kappa shape index (κ1) is 8.87. The van der Waals surface area contributed by atoms with E-state index < -0.39 is 0 Å². The Hall–Kier alpha value is -1.22. The van der Waals surface area contributed by atoms with Crippen LogP contribution >= 0.6 is 11.6 Å². The molecule has 0 bridgehead atoms. The van der Waals surface area contributed by atoms with Crippen molar-refractivity contribution >= 4 is 23.2 Å². The summed E-state index contributed by atoms with van der Waals surface area (Å²) in [7, 11) is 1.54. The maximum absolute atomic E-state index is 11.1. The van der Waals surface area contributed by atoms with E-state index in [-0.39, 0.29) is 5.91 Å². The van der Waals surface area contributed by atoms with E-state index in [9.17, 15) is 4.79 Å². The number of hydrogen-bond donors (Lipinski definition) is 2. The zero-order valence-electron chi connectivity index (χ0n) is 6.60. The molecule has 1 aromatic carbocycles. The third-order valence-electron chi connectivity index (χ3n) is 1.50. The Morgan fingerprint density at radius 3 is 2.83 bits per heavy atom. The molecule has 1 amide bonds. The number of nitrogens with one attached hydrogen (secondary N) is 1. The minimum Gasteiger partial charge on any atom is -0.398 e. The van der Waals surface area contributed by atoms with Gasteiger partial charge in [-0.15, -0.1) is 0 Å². The van der Waals surface area contributed by atoms with E-state index in [1.165, 1.54) is 0 Å². The van der Waals surface area contributed by atoms with Gasteiger partial charge in [0.1, 0.15) is 0 Å². The quantitative estimate of drug-likeness (QED) is 0.646. The molecular weight excluding hydrogens is 176 g/mol. The van der Waals surface area contributed by atoms with Gasteiger partial charge in [-0.25, -0.2) is 0 Å². The predicted molar refractivity (Wildman–Crippen MR) is 49.3 cm³/mol. The van der Waals surface area contributed by atoms with Crippen LogP contribution in [-0.4, -0.2) is 13.0 Å². The molecular formula is C8H9ClN2O. The Kier molecular flexibility index (Phi) is 2.55. The first-order chi connectivity index (χ1) is 5.66. The van der Waals surface area contributed by atoms with Crippen molar-refractivity contribution in [3.05, 3.63) is 28.8 Å². The molecule has 0 atom stereocenters. The van der Waals surface area contributed by atoms with Gasteiger partial charge in [0, 0.05) is 7.05 Å². The SMILES string of the molecule is CNC(=O)c1cccc(N)c1Cl. The second-order valence-corrected chi connectivity index (χ2v) is 2.67. The fraction of sp³-hybridized carbons (Fsp3) is 0.125. The van der Waals surface area contributed by atoms with Gasteiger partial charge >= 0.3 is 0 Å². The van der Waals surface area contributed by atoms with E-state index >= 15 is 0 Å². The first-order valence-electron chi connectivity index (χ1n) is 3.43. The van der Waals surface area contributed by atoms with Crippen molar-refractivity contribution in [1.82, 2.24) is 5.32 Å². The molecule has 4 heteroatoms. The summed E-state index contributed by atoms with van der Waals surface area (Å²) < 4.78 is 0. The number of amides is 1. The van der Waals surface area contributed by atoms with Gasteiger partial charge in [0.05, 0.1) is 16.3 Å². The molecule has 3 nitrogen and oxygen atoms in total. The van der Waals surface area contributed by atoms with Gasteiger partial charge in [-0.3, -0.25) is 4.79 Å². The van der Waals surface area contributed by atoms with Crippen LogP contribution in [0.1, 0.15) is 10.4 Å². The van der Waals surface area contributed by atoms with Crippen molar-refractivity contribution in [3.8, 4) is 0 Å². The van der Waals surface area contributed by atoms with Gasteiger partial charge in [-0.1, -0.05) is 17.7 Å². The van der Waals surface area contributed by atoms with Crippen LogP contribution in [0.15, 0.2) is 18.2 Å². The molecule has 0 spiro atoms. The fourth-order valence-electron chi connectivity index (χ4n) is 0.860. The number of rotatable bonds is 1. The largest absolute Gasteiger partial charge is 0.398 e. The Labute approximate surface area is 75.5 Å². The van der Waals surface area contributed by atoms with E-state index in [1.807, 2.05) is 0 Å². The smallest absolute Gasteiger partial charge is 0.252 e. The van der Waals surface area contributed by atoms with Gasteiger partial charge in [0.15, 0.2) is 0 Å². The fourth-order valence-corrected chi connectivity index (χ4v) is 1.07. The Balaban J connectivity index is 3.16. The third-order valence-corrected chi connectivity index (χ3v) is 1.92. The lowest BCUT2D eigenvalue weighted by Crippen LogP contribution is -2.18. The number of nitrogens with two attached hydrogens (primary N) is 1. The van der Waals surface area contributed by atoms with Crippen LogP contribution in [-0.2, 0) is 0 Å². The van der Waals surface area contributed by atoms with Crippen LogP contribution in [0, 0.1) is 0 Å². The molecule has 0 aliphatic heterocycles. The van der Waals surface area contributed by atoms with Crippen molar-refractivity contribution in [1.29, 1.82) is 0 Å². The summed E-state index contributed by atoms with van der Waals surface area (Å²) >= 11 is 5.78. The summed E-state index contributed by atoms with van der Waals surface area (Å²) in [5.41, 5.74) is 6.32. The molecule has 0 radical (unpaired) electrons. The van der Waals surface area contributed by atoms with Crippen LogP contribution in [0.5, 0.6) is 0 Å². The van der Waals surface area contributed by atoms with E-state index in [4.69, 9.17) is 17.3 Å². The molecule has 0 heterocycles. The number of halogens is 1. The second kappa shape index (κ2) is 3.45. The molecule has 3 N–H and O–H groups in total. The Morgan fingerprint density at radius 2 is 2.25 bits per heavy atom. The van der Waals surface area contributed by atoms with Crippen molar-refractivity contribution in [3.63, 3.8) is 0 Å². The monoisotopic (exact) mass is 184 g/mol.